The second kappa shape index (κ2) is 9.19. The average Bonchev–Trinajstić information content (AvgIpc) is 3.41. The molecule has 3 nitrogen and oxygen atoms in total. The Morgan fingerprint density at radius 2 is 1.30 bits per heavy atom. The van der Waals surface area contributed by atoms with Crippen molar-refractivity contribution < 1.29 is 14.2 Å². The zero-order valence-corrected chi connectivity index (χ0v) is 17.6. The molecule has 0 aromatic carbocycles. The van der Waals surface area contributed by atoms with Gasteiger partial charge in [-0.05, 0) is 61.4 Å². The van der Waals surface area contributed by atoms with E-state index < -0.39 is 11.6 Å². The Balaban J connectivity index is 1.48. The third kappa shape index (κ3) is 5.21. The van der Waals surface area contributed by atoms with E-state index in [2.05, 4.69) is 35.0 Å². The van der Waals surface area contributed by atoms with Gasteiger partial charge in [0.15, 0.2) is 11.6 Å². The molecule has 0 bridgehead atoms. The molecule has 0 radical (unpaired) electrons. The van der Waals surface area contributed by atoms with Gasteiger partial charge >= 0.3 is 0 Å². The van der Waals surface area contributed by atoms with Crippen molar-refractivity contribution in [2.75, 3.05) is 13.2 Å². The molecule has 2 aromatic heterocycles. The van der Waals surface area contributed by atoms with Crippen molar-refractivity contribution in [2.45, 2.75) is 75.8 Å². The largest absolute Gasteiger partial charge is 0.350 e. The summed E-state index contributed by atoms with van der Waals surface area (Å²) in [6.07, 6.45) is 10.4. The first-order valence-corrected chi connectivity index (χ1v) is 12.1. The van der Waals surface area contributed by atoms with Gasteiger partial charge in [-0.25, -0.2) is 0 Å². The molecule has 4 heterocycles. The van der Waals surface area contributed by atoms with Gasteiger partial charge in [-0.15, -0.1) is 22.7 Å². The van der Waals surface area contributed by atoms with Crippen LogP contribution >= 0.6 is 22.7 Å². The summed E-state index contributed by atoms with van der Waals surface area (Å²) in [6.45, 7) is 1.59. The molecule has 0 spiro atoms. The fourth-order valence-corrected chi connectivity index (χ4v) is 5.60. The topological polar surface area (TPSA) is 27.7 Å². The Labute approximate surface area is 170 Å². The minimum Gasteiger partial charge on any atom is -0.350 e. The Bertz CT molecular complexity index is 596. The zero-order chi connectivity index (χ0) is 18.4. The molecule has 4 rings (SSSR count). The summed E-state index contributed by atoms with van der Waals surface area (Å²) in [5, 5.41) is 4.30. The van der Waals surface area contributed by atoms with Gasteiger partial charge in [0.25, 0.3) is 0 Å². The second-order valence-electron chi connectivity index (χ2n) is 7.69. The second-order valence-corrected chi connectivity index (χ2v) is 9.76. The Kier molecular flexibility index (Phi) is 6.66. The summed E-state index contributed by atoms with van der Waals surface area (Å²) in [7, 11) is 0. The van der Waals surface area contributed by atoms with Gasteiger partial charge in [0.2, 0.25) is 0 Å². The first-order chi connectivity index (χ1) is 13.3. The Morgan fingerprint density at radius 3 is 1.67 bits per heavy atom. The van der Waals surface area contributed by atoms with Gasteiger partial charge in [-0.1, -0.05) is 12.1 Å². The zero-order valence-electron chi connectivity index (χ0n) is 16.0. The van der Waals surface area contributed by atoms with Crippen molar-refractivity contribution in [1.29, 1.82) is 0 Å². The van der Waals surface area contributed by atoms with Crippen LogP contribution in [0.15, 0.2) is 35.0 Å². The Morgan fingerprint density at radius 1 is 0.778 bits per heavy atom. The molecule has 0 amide bonds. The lowest BCUT2D eigenvalue weighted by molar-refractivity contribution is -0.380. The van der Waals surface area contributed by atoms with Gasteiger partial charge in [0.05, 0.1) is 13.2 Å². The van der Waals surface area contributed by atoms with Crippen LogP contribution in [0.3, 0.4) is 0 Å². The highest BCUT2D eigenvalue weighted by atomic mass is 32.1. The summed E-state index contributed by atoms with van der Waals surface area (Å²) in [5.41, 5.74) is 0. The van der Waals surface area contributed by atoms with Crippen LogP contribution in [-0.4, -0.2) is 24.8 Å². The standard InChI is InChI=1S/C22H30O3S2/c1-3-15-23-21(11-1,13-9-19-7-5-17-26-19)25-22(12-2-4-16-24-22)14-10-20-8-6-18-27-20/h5-8,17-18H,1-4,9-16H2. The molecule has 2 atom stereocenters. The molecule has 0 N–H and O–H groups in total. The van der Waals surface area contributed by atoms with Gasteiger partial charge in [0, 0.05) is 35.4 Å². The predicted molar refractivity (Wildman–Crippen MR) is 111 cm³/mol. The molecular weight excluding hydrogens is 376 g/mol. The lowest BCUT2D eigenvalue weighted by Gasteiger charge is -2.47. The first-order valence-electron chi connectivity index (χ1n) is 10.3. The molecule has 0 aliphatic carbocycles. The SMILES string of the molecule is c1csc(CCC2(OC3(CCc4cccs4)CCCCO3)CCCCO2)c1. The number of hydrogen-bond acceptors (Lipinski definition) is 5. The molecule has 2 aliphatic rings. The number of aryl methyl sites for hydroxylation is 2. The maximum atomic E-state index is 6.87. The quantitative estimate of drug-likeness (QED) is 0.523. The molecule has 2 saturated heterocycles. The lowest BCUT2D eigenvalue weighted by atomic mass is 9.96. The van der Waals surface area contributed by atoms with Crippen molar-refractivity contribution in [2.24, 2.45) is 0 Å². The van der Waals surface area contributed by atoms with E-state index in [4.69, 9.17) is 14.2 Å². The van der Waals surface area contributed by atoms with Crippen molar-refractivity contribution in [3.63, 3.8) is 0 Å². The van der Waals surface area contributed by atoms with E-state index in [0.717, 1.165) is 64.6 Å². The van der Waals surface area contributed by atoms with Crippen LogP contribution in [0.4, 0.5) is 0 Å². The highest BCUT2D eigenvalue weighted by Gasteiger charge is 2.45. The molecule has 2 unspecified atom stereocenters. The van der Waals surface area contributed by atoms with Gasteiger partial charge in [0.1, 0.15) is 0 Å². The van der Waals surface area contributed by atoms with E-state index in [1.54, 1.807) is 0 Å². The van der Waals surface area contributed by atoms with Crippen molar-refractivity contribution in [3.05, 3.63) is 44.8 Å². The van der Waals surface area contributed by atoms with E-state index in [9.17, 15) is 0 Å². The molecule has 2 aliphatic heterocycles. The van der Waals surface area contributed by atoms with Gasteiger partial charge < -0.3 is 14.2 Å². The Hall–Kier alpha value is -0.720. The summed E-state index contributed by atoms with van der Waals surface area (Å²) < 4.78 is 19.5. The third-order valence-electron chi connectivity index (χ3n) is 5.67. The smallest absolute Gasteiger partial charge is 0.172 e. The van der Waals surface area contributed by atoms with Gasteiger partial charge in [-0.2, -0.15) is 0 Å². The van der Waals surface area contributed by atoms with E-state index in [-0.39, 0.29) is 0 Å². The maximum absolute atomic E-state index is 6.87. The minimum atomic E-state index is -0.491. The molecule has 2 aromatic rings. The summed E-state index contributed by atoms with van der Waals surface area (Å²) in [5.74, 6) is -0.982. The van der Waals surface area contributed by atoms with E-state index >= 15 is 0 Å². The molecule has 148 valence electrons. The molecule has 27 heavy (non-hydrogen) atoms. The molecule has 0 saturated carbocycles. The average molecular weight is 407 g/mol. The highest BCUT2D eigenvalue weighted by molar-refractivity contribution is 7.10. The van der Waals surface area contributed by atoms with Crippen LogP contribution < -0.4 is 0 Å². The predicted octanol–water partition coefficient (Wildman–Crippen LogP) is 6.19. The fraction of sp³-hybridized carbons (Fsp3) is 0.636. The number of thiophene rings is 2. The fourth-order valence-electron chi connectivity index (χ4n) is 4.19. The maximum Gasteiger partial charge on any atom is 0.172 e. The van der Waals surface area contributed by atoms with Crippen molar-refractivity contribution >= 4 is 22.7 Å². The van der Waals surface area contributed by atoms with Crippen LogP contribution in [-0.2, 0) is 27.1 Å². The van der Waals surface area contributed by atoms with Crippen LogP contribution in [0.25, 0.3) is 0 Å². The monoisotopic (exact) mass is 406 g/mol. The van der Waals surface area contributed by atoms with Gasteiger partial charge in [-0.3, -0.25) is 0 Å². The summed E-state index contributed by atoms with van der Waals surface area (Å²) in [6, 6.07) is 8.68. The lowest BCUT2D eigenvalue weighted by Crippen LogP contribution is -2.51. The molecule has 5 heteroatoms. The highest BCUT2D eigenvalue weighted by Crippen LogP contribution is 2.41. The summed E-state index contributed by atoms with van der Waals surface area (Å²) in [4.78, 5) is 2.81. The van der Waals surface area contributed by atoms with Crippen molar-refractivity contribution in [3.8, 4) is 0 Å². The normalized spacial score (nSPS) is 29.0. The minimum absolute atomic E-state index is 0.491. The van der Waals surface area contributed by atoms with E-state index in [0.29, 0.717) is 0 Å². The summed E-state index contributed by atoms with van der Waals surface area (Å²) >= 11 is 3.65. The first kappa shape index (κ1) is 19.6. The number of ether oxygens (including phenoxy) is 3. The molecular formula is C22H30O3S2. The number of hydrogen-bond donors (Lipinski definition) is 0. The van der Waals surface area contributed by atoms with E-state index in [1.165, 1.54) is 22.6 Å². The van der Waals surface area contributed by atoms with Crippen LogP contribution in [0.1, 0.15) is 61.1 Å². The van der Waals surface area contributed by atoms with Crippen LogP contribution in [0.5, 0.6) is 0 Å². The third-order valence-corrected chi connectivity index (χ3v) is 7.54. The van der Waals surface area contributed by atoms with Crippen LogP contribution in [0.2, 0.25) is 0 Å². The van der Waals surface area contributed by atoms with E-state index in [1.807, 2.05) is 22.7 Å². The number of rotatable bonds is 8. The van der Waals surface area contributed by atoms with Crippen LogP contribution in [0, 0.1) is 0 Å². The molecule has 2 fully saturated rings. The van der Waals surface area contributed by atoms with Crippen molar-refractivity contribution in [1.82, 2.24) is 0 Å².